The van der Waals surface area contributed by atoms with Crippen molar-refractivity contribution in [3.05, 3.63) is 67.9 Å². The Morgan fingerprint density at radius 3 is 1.96 bits per heavy atom. The minimum absolute atomic E-state index is 0.0104. The van der Waals surface area contributed by atoms with E-state index in [0.29, 0.717) is 4.47 Å². The third-order valence-electron chi connectivity index (χ3n) is 2.60. The van der Waals surface area contributed by atoms with Gasteiger partial charge < -0.3 is 0 Å². The molecule has 0 aliphatic rings. The monoisotopic (exact) mass is 486 g/mol. The Balaban J connectivity index is 2.34. The van der Waals surface area contributed by atoms with Gasteiger partial charge in [-0.15, -0.1) is 10.2 Å². The molecule has 0 spiro atoms. The first-order valence-corrected chi connectivity index (χ1v) is 8.20. The normalized spacial score (nSPS) is 12.7. The highest BCUT2D eigenvalue weighted by molar-refractivity contribution is 9.10. The van der Waals surface area contributed by atoms with Crippen molar-refractivity contribution in [2.45, 2.75) is 0 Å². The molecule has 0 heterocycles. The van der Waals surface area contributed by atoms with Crippen molar-refractivity contribution in [3.8, 4) is 0 Å². The molecular weight excluding hydrogens is 484 g/mol. The van der Waals surface area contributed by atoms with Gasteiger partial charge in [0, 0.05) is 15.6 Å². The summed E-state index contributed by atoms with van der Waals surface area (Å²) < 4.78 is 40.8. The van der Waals surface area contributed by atoms with E-state index in [1.165, 1.54) is 12.1 Å². The number of halogens is 7. The van der Waals surface area contributed by atoms with Gasteiger partial charge in [0.15, 0.2) is 10.3 Å². The molecule has 0 atom stereocenters. The zero-order chi connectivity index (χ0) is 17.1. The van der Waals surface area contributed by atoms with Crippen LogP contribution in [0.4, 0.5) is 13.2 Å². The molecule has 0 fully saturated rings. The lowest BCUT2D eigenvalue weighted by Crippen LogP contribution is -1.98. The molecule has 0 bridgehead atoms. The molecule has 0 aromatic heterocycles. The van der Waals surface area contributed by atoms with Crippen LogP contribution in [-0.4, -0.2) is 10.3 Å². The van der Waals surface area contributed by atoms with Gasteiger partial charge in [-0.3, -0.25) is 0 Å². The quantitative estimate of drug-likeness (QED) is 0.278. The number of hydrogen-bond donors (Lipinski definition) is 0. The predicted molar refractivity (Wildman–Crippen MR) is 92.9 cm³/mol. The highest BCUT2D eigenvalue weighted by atomic mass is 79.9. The van der Waals surface area contributed by atoms with E-state index in [-0.39, 0.29) is 25.9 Å². The van der Waals surface area contributed by atoms with Crippen LogP contribution >= 0.6 is 55.1 Å². The summed E-state index contributed by atoms with van der Waals surface area (Å²) in [4.78, 5) is 0. The summed E-state index contributed by atoms with van der Waals surface area (Å²) in [6.07, 6.45) is 0. The number of hydrogen-bond acceptors (Lipinski definition) is 2. The SMILES string of the molecule is Fc1cc(Br)ccc1/C(Cl)=N/N=C(\Cl)c1cc(F)c(Br)c(F)c1. The number of nitrogens with zero attached hydrogens (tertiary/aromatic N) is 2. The van der Waals surface area contributed by atoms with Gasteiger partial charge >= 0.3 is 0 Å². The molecule has 120 valence electrons. The Labute approximate surface area is 156 Å². The van der Waals surface area contributed by atoms with E-state index in [0.717, 1.165) is 12.1 Å². The Bertz CT molecular complexity index is 803. The molecule has 2 aromatic rings. The van der Waals surface area contributed by atoms with Gasteiger partial charge in [-0.2, -0.15) is 0 Å². The van der Waals surface area contributed by atoms with Crippen LogP contribution in [0.5, 0.6) is 0 Å². The second-order valence-corrected chi connectivity index (χ2v) is 6.58. The summed E-state index contributed by atoms with van der Waals surface area (Å²) in [6.45, 7) is 0. The van der Waals surface area contributed by atoms with E-state index in [1.807, 2.05) is 0 Å². The maximum absolute atomic E-state index is 13.7. The second kappa shape index (κ2) is 7.79. The minimum Gasteiger partial charge on any atom is -0.206 e. The summed E-state index contributed by atoms with van der Waals surface area (Å²) in [5.74, 6) is -2.30. The third-order valence-corrected chi connectivity index (χ3v) is 4.42. The fourth-order valence-electron chi connectivity index (χ4n) is 1.53. The molecule has 0 N–H and O–H groups in total. The van der Waals surface area contributed by atoms with Crippen LogP contribution in [-0.2, 0) is 0 Å². The van der Waals surface area contributed by atoms with Crippen molar-refractivity contribution >= 4 is 65.4 Å². The highest BCUT2D eigenvalue weighted by Gasteiger charge is 2.12. The summed E-state index contributed by atoms with van der Waals surface area (Å²) in [5.41, 5.74) is -0.0226. The molecule has 9 heteroatoms. The fourth-order valence-corrected chi connectivity index (χ4v) is 2.43. The standard InChI is InChI=1S/C14H5Br2Cl2F3N2/c15-7-1-2-8(9(19)5-7)14(18)23-22-13(17)6-3-10(20)12(16)11(21)4-6/h1-5H/b22-13-,23-14-. The van der Waals surface area contributed by atoms with Crippen LogP contribution in [0.2, 0.25) is 0 Å². The van der Waals surface area contributed by atoms with Crippen LogP contribution in [0.25, 0.3) is 0 Å². The summed E-state index contributed by atoms with van der Waals surface area (Å²) >= 11 is 17.5. The zero-order valence-corrected chi connectivity index (χ0v) is 15.6. The number of rotatable bonds is 3. The average molecular weight is 489 g/mol. The van der Waals surface area contributed by atoms with Gasteiger partial charge in [0.2, 0.25) is 0 Å². The Hall–Kier alpha value is -0.890. The molecule has 0 unspecified atom stereocenters. The Kier molecular flexibility index (Phi) is 6.25. The average Bonchev–Trinajstić information content (AvgIpc) is 2.49. The maximum atomic E-state index is 13.7. The summed E-state index contributed by atoms with van der Waals surface area (Å²) in [7, 11) is 0. The molecule has 0 saturated heterocycles. The van der Waals surface area contributed by atoms with Gasteiger partial charge in [0.25, 0.3) is 0 Å². The van der Waals surface area contributed by atoms with Crippen molar-refractivity contribution in [1.82, 2.24) is 0 Å². The van der Waals surface area contributed by atoms with Crippen LogP contribution < -0.4 is 0 Å². The van der Waals surface area contributed by atoms with Crippen LogP contribution in [0.3, 0.4) is 0 Å². The lowest BCUT2D eigenvalue weighted by atomic mass is 10.2. The lowest BCUT2D eigenvalue weighted by Gasteiger charge is -2.02. The molecule has 2 nitrogen and oxygen atoms in total. The molecule has 0 saturated carbocycles. The first kappa shape index (κ1) is 18.4. The zero-order valence-electron chi connectivity index (χ0n) is 10.9. The molecule has 23 heavy (non-hydrogen) atoms. The topological polar surface area (TPSA) is 24.7 Å². The van der Waals surface area contributed by atoms with Gasteiger partial charge in [-0.25, -0.2) is 13.2 Å². The van der Waals surface area contributed by atoms with E-state index in [4.69, 9.17) is 23.2 Å². The molecule has 0 amide bonds. The Morgan fingerprint density at radius 2 is 1.39 bits per heavy atom. The highest BCUT2D eigenvalue weighted by Crippen LogP contribution is 2.22. The first-order valence-electron chi connectivity index (χ1n) is 5.86. The molecule has 0 aliphatic heterocycles. The Morgan fingerprint density at radius 1 is 0.826 bits per heavy atom. The van der Waals surface area contributed by atoms with Crippen LogP contribution in [0.15, 0.2) is 49.5 Å². The van der Waals surface area contributed by atoms with Crippen molar-refractivity contribution in [2.75, 3.05) is 0 Å². The summed E-state index contributed by atoms with van der Waals surface area (Å²) in [5, 5.41) is 6.57. The smallest absolute Gasteiger partial charge is 0.161 e. The first-order chi connectivity index (χ1) is 10.8. The van der Waals surface area contributed by atoms with Gasteiger partial charge in [0.05, 0.1) is 4.47 Å². The van der Waals surface area contributed by atoms with Crippen LogP contribution in [0.1, 0.15) is 11.1 Å². The van der Waals surface area contributed by atoms with Crippen molar-refractivity contribution < 1.29 is 13.2 Å². The van der Waals surface area contributed by atoms with Crippen molar-refractivity contribution in [3.63, 3.8) is 0 Å². The minimum atomic E-state index is -0.845. The van der Waals surface area contributed by atoms with Crippen molar-refractivity contribution in [1.29, 1.82) is 0 Å². The molecule has 2 rings (SSSR count). The largest absolute Gasteiger partial charge is 0.206 e. The van der Waals surface area contributed by atoms with E-state index < -0.39 is 17.5 Å². The predicted octanol–water partition coefficient (Wildman–Crippen LogP) is 6.21. The molecule has 0 radical (unpaired) electrons. The van der Waals surface area contributed by atoms with E-state index in [1.54, 1.807) is 6.07 Å². The van der Waals surface area contributed by atoms with E-state index in [9.17, 15) is 13.2 Å². The molecule has 0 aliphatic carbocycles. The van der Waals surface area contributed by atoms with E-state index >= 15 is 0 Å². The lowest BCUT2D eigenvalue weighted by molar-refractivity contribution is 0.571. The maximum Gasteiger partial charge on any atom is 0.161 e. The molecular formula is C14H5Br2Cl2F3N2. The second-order valence-electron chi connectivity index (χ2n) is 4.16. The number of benzene rings is 2. The van der Waals surface area contributed by atoms with Crippen molar-refractivity contribution in [2.24, 2.45) is 10.2 Å². The van der Waals surface area contributed by atoms with Gasteiger partial charge in [-0.05, 0) is 46.3 Å². The van der Waals surface area contributed by atoms with Gasteiger partial charge in [-0.1, -0.05) is 39.1 Å². The van der Waals surface area contributed by atoms with Crippen LogP contribution in [0, 0.1) is 17.5 Å². The summed E-state index contributed by atoms with van der Waals surface area (Å²) in [6, 6.07) is 6.12. The van der Waals surface area contributed by atoms with E-state index in [2.05, 4.69) is 42.1 Å². The third kappa shape index (κ3) is 4.56. The van der Waals surface area contributed by atoms with Gasteiger partial charge in [0.1, 0.15) is 17.5 Å². The fraction of sp³-hybridized carbons (Fsp3) is 0. The molecule has 2 aromatic carbocycles.